The van der Waals surface area contributed by atoms with Crippen LogP contribution in [0.2, 0.25) is 0 Å². The summed E-state index contributed by atoms with van der Waals surface area (Å²) in [6.07, 6.45) is 1.20. The second-order valence-corrected chi connectivity index (χ2v) is 4.98. The SMILES string of the molecule is CN(C)CCCSc1cccc(CO)c1. The number of aliphatic hydroxyl groups is 1. The molecule has 1 aromatic carbocycles. The van der Waals surface area contributed by atoms with Gasteiger partial charge in [-0.1, -0.05) is 12.1 Å². The molecule has 0 unspecified atom stereocenters. The van der Waals surface area contributed by atoms with Crippen molar-refractivity contribution in [3.63, 3.8) is 0 Å². The van der Waals surface area contributed by atoms with Gasteiger partial charge in [0, 0.05) is 4.90 Å². The molecule has 1 N–H and O–H groups in total. The molecule has 0 aliphatic carbocycles. The third-order valence-electron chi connectivity index (χ3n) is 2.10. The van der Waals surface area contributed by atoms with E-state index in [1.807, 2.05) is 23.9 Å². The molecule has 3 heteroatoms. The van der Waals surface area contributed by atoms with Crippen LogP contribution in [0.15, 0.2) is 29.2 Å². The molecule has 0 aliphatic rings. The highest BCUT2D eigenvalue weighted by atomic mass is 32.2. The molecule has 2 nitrogen and oxygen atoms in total. The molecule has 0 aliphatic heterocycles. The first-order valence-corrected chi connectivity index (χ1v) is 6.18. The lowest BCUT2D eigenvalue weighted by Gasteiger charge is -2.08. The summed E-state index contributed by atoms with van der Waals surface area (Å²) in [4.78, 5) is 3.45. The average molecular weight is 225 g/mol. The Morgan fingerprint density at radius 1 is 1.33 bits per heavy atom. The molecule has 1 rings (SSSR count). The van der Waals surface area contributed by atoms with E-state index in [2.05, 4.69) is 31.1 Å². The maximum absolute atomic E-state index is 8.99. The fourth-order valence-electron chi connectivity index (χ4n) is 1.30. The van der Waals surface area contributed by atoms with Gasteiger partial charge in [0.05, 0.1) is 6.61 Å². The zero-order valence-corrected chi connectivity index (χ0v) is 10.3. The van der Waals surface area contributed by atoms with Crippen molar-refractivity contribution < 1.29 is 5.11 Å². The molecule has 1 aromatic rings. The quantitative estimate of drug-likeness (QED) is 0.593. The van der Waals surface area contributed by atoms with E-state index >= 15 is 0 Å². The highest BCUT2D eigenvalue weighted by molar-refractivity contribution is 7.99. The van der Waals surface area contributed by atoms with Crippen LogP contribution in [0, 0.1) is 0 Å². The van der Waals surface area contributed by atoms with Crippen LogP contribution in [0.3, 0.4) is 0 Å². The Labute approximate surface area is 96.3 Å². The number of hydrogen-bond acceptors (Lipinski definition) is 3. The fraction of sp³-hybridized carbons (Fsp3) is 0.500. The summed E-state index contributed by atoms with van der Waals surface area (Å²) in [6, 6.07) is 8.10. The van der Waals surface area contributed by atoms with Crippen molar-refractivity contribution in [1.29, 1.82) is 0 Å². The van der Waals surface area contributed by atoms with E-state index in [0.717, 1.165) is 17.9 Å². The Morgan fingerprint density at radius 3 is 2.80 bits per heavy atom. The van der Waals surface area contributed by atoms with Crippen molar-refractivity contribution in [2.75, 3.05) is 26.4 Å². The number of thioether (sulfide) groups is 1. The molecule has 0 radical (unpaired) electrons. The van der Waals surface area contributed by atoms with E-state index in [9.17, 15) is 0 Å². The summed E-state index contributed by atoms with van der Waals surface area (Å²) in [5, 5.41) is 8.99. The van der Waals surface area contributed by atoms with E-state index in [0.29, 0.717) is 0 Å². The van der Waals surface area contributed by atoms with Gasteiger partial charge >= 0.3 is 0 Å². The van der Waals surface area contributed by atoms with Gasteiger partial charge in [-0.15, -0.1) is 11.8 Å². The van der Waals surface area contributed by atoms with E-state index in [1.165, 1.54) is 11.3 Å². The first-order valence-electron chi connectivity index (χ1n) is 5.19. The van der Waals surface area contributed by atoms with Crippen LogP contribution in [-0.4, -0.2) is 36.4 Å². The van der Waals surface area contributed by atoms with Crippen molar-refractivity contribution in [2.45, 2.75) is 17.9 Å². The van der Waals surface area contributed by atoms with Crippen LogP contribution in [-0.2, 0) is 6.61 Å². The van der Waals surface area contributed by atoms with Gasteiger partial charge in [0.15, 0.2) is 0 Å². The third-order valence-corrected chi connectivity index (χ3v) is 3.18. The normalized spacial score (nSPS) is 10.9. The minimum Gasteiger partial charge on any atom is -0.392 e. The monoisotopic (exact) mass is 225 g/mol. The maximum Gasteiger partial charge on any atom is 0.0682 e. The van der Waals surface area contributed by atoms with Gasteiger partial charge in [-0.05, 0) is 50.5 Å². The highest BCUT2D eigenvalue weighted by Crippen LogP contribution is 2.19. The zero-order valence-electron chi connectivity index (χ0n) is 9.44. The summed E-state index contributed by atoms with van der Waals surface area (Å²) in [6.45, 7) is 1.26. The van der Waals surface area contributed by atoms with Crippen LogP contribution in [0.4, 0.5) is 0 Å². The van der Waals surface area contributed by atoms with Gasteiger partial charge in [0.1, 0.15) is 0 Å². The lowest BCUT2D eigenvalue weighted by molar-refractivity contribution is 0.281. The van der Waals surface area contributed by atoms with Crippen molar-refractivity contribution in [1.82, 2.24) is 4.90 Å². The number of nitrogens with zero attached hydrogens (tertiary/aromatic N) is 1. The second kappa shape index (κ2) is 6.88. The number of hydrogen-bond donors (Lipinski definition) is 1. The van der Waals surface area contributed by atoms with Crippen molar-refractivity contribution >= 4 is 11.8 Å². The van der Waals surface area contributed by atoms with Crippen molar-refractivity contribution in [2.24, 2.45) is 0 Å². The molecule has 84 valence electrons. The predicted molar refractivity (Wildman–Crippen MR) is 66.3 cm³/mol. The molecule has 0 saturated carbocycles. The Morgan fingerprint density at radius 2 is 2.13 bits per heavy atom. The first kappa shape index (κ1) is 12.6. The minimum atomic E-state index is 0.131. The maximum atomic E-state index is 8.99. The van der Waals surface area contributed by atoms with Crippen LogP contribution < -0.4 is 0 Å². The number of aliphatic hydroxyl groups excluding tert-OH is 1. The van der Waals surface area contributed by atoms with E-state index in [-0.39, 0.29) is 6.61 Å². The standard InChI is InChI=1S/C12H19NOS/c1-13(2)7-4-8-15-12-6-3-5-11(9-12)10-14/h3,5-6,9,14H,4,7-8,10H2,1-2H3. The molecule has 0 saturated heterocycles. The summed E-state index contributed by atoms with van der Waals surface area (Å²) in [7, 11) is 4.19. The van der Waals surface area contributed by atoms with Crippen LogP contribution in [0.1, 0.15) is 12.0 Å². The van der Waals surface area contributed by atoms with E-state index < -0.39 is 0 Å². The van der Waals surface area contributed by atoms with Gasteiger partial charge in [-0.3, -0.25) is 0 Å². The fourth-order valence-corrected chi connectivity index (χ4v) is 2.22. The molecule has 0 heterocycles. The smallest absolute Gasteiger partial charge is 0.0682 e. The summed E-state index contributed by atoms with van der Waals surface area (Å²) in [5.41, 5.74) is 0.993. The second-order valence-electron chi connectivity index (χ2n) is 3.81. The van der Waals surface area contributed by atoms with Gasteiger partial charge in [0.25, 0.3) is 0 Å². The summed E-state index contributed by atoms with van der Waals surface area (Å²) >= 11 is 1.85. The van der Waals surface area contributed by atoms with E-state index in [1.54, 1.807) is 0 Å². The first-order chi connectivity index (χ1) is 7.22. The predicted octanol–water partition coefficient (Wildman–Crippen LogP) is 2.22. The molecule has 0 aromatic heterocycles. The number of rotatable bonds is 6. The number of benzene rings is 1. The summed E-state index contributed by atoms with van der Waals surface area (Å²) in [5.74, 6) is 1.13. The lowest BCUT2D eigenvalue weighted by Crippen LogP contribution is -2.13. The van der Waals surface area contributed by atoms with Gasteiger partial charge < -0.3 is 10.0 Å². The van der Waals surface area contributed by atoms with Crippen LogP contribution in [0.5, 0.6) is 0 Å². The molecule has 0 fully saturated rings. The van der Waals surface area contributed by atoms with Crippen LogP contribution >= 0.6 is 11.8 Å². The minimum absolute atomic E-state index is 0.131. The van der Waals surface area contributed by atoms with Gasteiger partial charge in [-0.2, -0.15) is 0 Å². The molecule has 15 heavy (non-hydrogen) atoms. The largest absolute Gasteiger partial charge is 0.392 e. The van der Waals surface area contributed by atoms with Crippen LogP contribution in [0.25, 0.3) is 0 Å². The third kappa shape index (κ3) is 5.21. The molecular weight excluding hydrogens is 206 g/mol. The Kier molecular flexibility index (Phi) is 5.76. The topological polar surface area (TPSA) is 23.5 Å². The highest BCUT2D eigenvalue weighted by Gasteiger charge is 1.96. The Hall–Kier alpha value is -0.510. The summed E-state index contributed by atoms with van der Waals surface area (Å²) < 4.78 is 0. The Bertz CT molecular complexity index is 289. The molecular formula is C12H19NOS. The van der Waals surface area contributed by atoms with Gasteiger partial charge in [0.2, 0.25) is 0 Å². The van der Waals surface area contributed by atoms with Crippen molar-refractivity contribution in [3.8, 4) is 0 Å². The van der Waals surface area contributed by atoms with E-state index in [4.69, 9.17) is 5.11 Å². The Balaban J connectivity index is 2.30. The molecule has 0 bridgehead atoms. The molecule has 0 spiro atoms. The molecule has 0 atom stereocenters. The average Bonchev–Trinajstić information content (AvgIpc) is 2.24. The lowest BCUT2D eigenvalue weighted by atomic mass is 10.2. The van der Waals surface area contributed by atoms with Crippen molar-refractivity contribution in [3.05, 3.63) is 29.8 Å². The molecule has 0 amide bonds. The zero-order chi connectivity index (χ0) is 11.1. The van der Waals surface area contributed by atoms with Gasteiger partial charge in [-0.25, -0.2) is 0 Å².